The normalized spacial score (nSPS) is 11.0. The van der Waals surface area contributed by atoms with Crippen LogP contribution in [0.3, 0.4) is 0 Å². The number of aromatic amines is 1. The Kier molecular flexibility index (Phi) is 4.86. The highest BCUT2D eigenvalue weighted by atomic mass is 16.5. The molecule has 0 unspecified atom stereocenters. The molecule has 0 atom stereocenters. The first-order valence-electron chi connectivity index (χ1n) is 9.44. The first-order chi connectivity index (χ1) is 14.4. The second kappa shape index (κ2) is 7.51. The minimum Gasteiger partial charge on any atom is -0.496 e. The first kappa shape index (κ1) is 19.4. The van der Waals surface area contributed by atoms with Gasteiger partial charge in [0.1, 0.15) is 5.75 Å². The zero-order valence-corrected chi connectivity index (χ0v) is 17.5. The summed E-state index contributed by atoms with van der Waals surface area (Å²) in [5.74, 6) is 0.518. The Bertz CT molecular complexity index is 1230. The van der Waals surface area contributed by atoms with Crippen LogP contribution in [-0.2, 0) is 11.8 Å². The largest absolute Gasteiger partial charge is 0.496 e. The van der Waals surface area contributed by atoms with Gasteiger partial charge in [0.05, 0.1) is 47.3 Å². The van der Waals surface area contributed by atoms with E-state index < -0.39 is 0 Å². The van der Waals surface area contributed by atoms with Crippen LogP contribution in [0.1, 0.15) is 12.6 Å². The van der Waals surface area contributed by atoms with Gasteiger partial charge in [0.25, 0.3) is 0 Å². The number of H-pyrrole nitrogens is 1. The van der Waals surface area contributed by atoms with Crippen molar-refractivity contribution >= 4 is 33.9 Å². The van der Waals surface area contributed by atoms with Crippen LogP contribution in [0.4, 0.5) is 17.1 Å². The molecule has 0 bridgehead atoms. The number of amides is 1. The molecule has 30 heavy (non-hydrogen) atoms. The molecule has 0 aliphatic heterocycles. The monoisotopic (exact) mass is 405 g/mol. The van der Waals surface area contributed by atoms with Gasteiger partial charge >= 0.3 is 0 Å². The van der Waals surface area contributed by atoms with Gasteiger partial charge < -0.3 is 10.1 Å². The number of aryl methyl sites for hydroxylation is 2. The summed E-state index contributed by atoms with van der Waals surface area (Å²) in [6, 6.07) is 5.68. The van der Waals surface area contributed by atoms with E-state index in [9.17, 15) is 4.79 Å². The van der Waals surface area contributed by atoms with Gasteiger partial charge in [0, 0.05) is 50.4 Å². The molecule has 1 amide bonds. The highest BCUT2D eigenvalue weighted by Crippen LogP contribution is 2.42. The van der Waals surface area contributed by atoms with Crippen molar-refractivity contribution in [2.75, 3.05) is 24.4 Å². The van der Waals surface area contributed by atoms with E-state index in [0.29, 0.717) is 22.6 Å². The van der Waals surface area contributed by atoms with Crippen LogP contribution in [0, 0.1) is 6.92 Å². The highest BCUT2D eigenvalue weighted by molar-refractivity contribution is 6.12. The fourth-order valence-electron chi connectivity index (χ4n) is 3.66. The number of carbonyl (C=O) groups is 1. The number of hydrogen-bond acceptors (Lipinski definition) is 6. The fraction of sp³-hybridized carbons (Fsp3) is 0.238. The zero-order valence-electron chi connectivity index (χ0n) is 17.5. The third-order valence-electron chi connectivity index (χ3n) is 4.97. The van der Waals surface area contributed by atoms with Gasteiger partial charge in [-0.25, -0.2) is 0 Å². The van der Waals surface area contributed by atoms with Gasteiger partial charge in [-0.2, -0.15) is 10.2 Å². The maximum atomic E-state index is 12.9. The molecule has 0 spiro atoms. The van der Waals surface area contributed by atoms with E-state index >= 15 is 0 Å². The molecule has 154 valence electrons. The topological polar surface area (TPSA) is 101 Å². The highest BCUT2D eigenvalue weighted by Gasteiger charge is 2.25. The Morgan fingerprint density at radius 3 is 2.70 bits per heavy atom. The quantitative estimate of drug-likeness (QED) is 0.528. The van der Waals surface area contributed by atoms with Crippen molar-refractivity contribution in [1.82, 2.24) is 25.0 Å². The summed E-state index contributed by atoms with van der Waals surface area (Å²) in [7, 11) is 5.25. The molecule has 2 N–H and O–H groups in total. The molecular weight excluding hydrogens is 382 g/mol. The Hall–Kier alpha value is -3.88. The number of hydrogen-bond donors (Lipinski definition) is 2. The molecule has 0 saturated carbocycles. The molecule has 0 fully saturated rings. The Morgan fingerprint density at radius 1 is 1.33 bits per heavy atom. The van der Waals surface area contributed by atoms with Crippen molar-refractivity contribution in [2.24, 2.45) is 7.05 Å². The van der Waals surface area contributed by atoms with Crippen molar-refractivity contribution in [2.45, 2.75) is 13.8 Å². The molecule has 0 radical (unpaired) electrons. The minimum absolute atomic E-state index is 0.132. The molecule has 0 aliphatic rings. The average Bonchev–Trinajstić information content (AvgIpc) is 3.37. The molecule has 4 aromatic rings. The van der Waals surface area contributed by atoms with Gasteiger partial charge in [-0.15, -0.1) is 0 Å². The number of nitrogens with one attached hydrogen (secondary N) is 2. The number of nitrogens with zero attached hydrogens (tertiary/aromatic N) is 5. The molecule has 0 aliphatic carbocycles. The third-order valence-corrected chi connectivity index (χ3v) is 4.97. The minimum atomic E-state index is -0.132. The van der Waals surface area contributed by atoms with E-state index in [4.69, 9.17) is 4.74 Å². The smallest absolute Gasteiger partial charge is 0.228 e. The van der Waals surface area contributed by atoms with Crippen LogP contribution in [0.15, 0.2) is 36.8 Å². The second-order valence-corrected chi connectivity index (χ2v) is 6.93. The summed E-state index contributed by atoms with van der Waals surface area (Å²) < 4.78 is 7.28. The summed E-state index contributed by atoms with van der Waals surface area (Å²) >= 11 is 0. The SMILES string of the molecule is CNc1cnc2cc(OC)c(-c3cc[nH]n3)cc2c1N(C(C)=O)c1cn(C)nc1C. The number of anilines is 3. The van der Waals surface area contributed by atoms with Crippen LogP contribution in [0.5, 0.6) is 5.75 Å². The summed E-state index contributed by atoms with van der Waals surface area (Å²) in [6.45, 7) is 3.42. The average molecular weight is 405 g/mol. The molecule has 0 saturated heterocycles. The van der Waals surface area contributed by atoms with E-state index in [2.05, 4.69) is 25.6 Å². The number of carbonyl (C=O) groups excluding carboxylic acids is 1. The van der Waals surface area contributed by atoms with Crippen LogP contribution < -0.4 is 15.0 Å². The number of pyridine rings is 1. The van der Waals surface area contributed by atoms with Crippen molar-refractivity contribution < 1.29 is 9.53 Å². The van der Waals surface area contributed by atoms with E-state index in [0.717, 1.165) is 28.0 Å². The lowest BCUT2D eigenvalue weighted by molar-refractivity contribution is -0.115. The predicted molar refractivity (Wildman–Crippen MR) is 116 cm³/mol. The second-order valence-electron chi connectivity index (χ2n) is 6.93. The number of aromatic nitrogens is 5. The van der Waals surface area contributed by atoms with Crippen LogP contribution in [0.25, 0.3) is 22.2 Å². The van der Waals surface area contributed by atoms with Gasteiger partial charge in [-0.3, -0.25) is 24.5 Å². The number of methoxy groups -OCH3 is 1. The van der Waals surface area contributed by atoms with E-state index in [1.807, 2.05) is 38.4 Å². The van der Waals surface area contributed by atoms with Crippen LogP contribution in [-0.4, -0.2) is 45.0 Å². The Labute approximate surface area is 173 Å². The Morgan fingerprint density at radius 2 is 2.13 bits per heavy atom. The molecule has 9 nitrogen and oxygen atoms in total. The molecule has 1 aromatic carbocycles. The van der Waals surface area contributed by atoms with Crippen molar-refractivity contribution in [3.8, 4) is 17.0 Å². The fourth-order valence-corrected chi connectivity index (χ4v) is 3.66. The summed E-state index contributed by atoms with van der Waals surface area (Å²) in [5, 5.41) is 15.5. The van der Waals surface area contributed by atoms with Crippen molar-refractivity contribution in [1.29, 1.82) is 0 Å². The summed E-state index contributed by atoms with van der Waals surface area (Å²) in [6.07, 6.45) is 5.30. The van der Waals surface area contributed by atoms with Crippen molar-refractivity contribution in [3.05, 3.63) is 42.5 Å². The third kappa shape index (κ3) is 3.14. The maximum Gasteiger partial charge on any atom is 0.228 e. The number of rotatable bonds is 5. The molecular formula is C21H23N7O2. The summed E-state index contributed by atoms with van der Waals surface area (Å²) in [5.41, 5.74) is 5.12. The number of benzene rings is 1. The Balaban J connectivity index is 2.07. The molecule has 3 heterocycles. The van der Waals surface area contributed by atoms with E-state index in [1.165, 1.54) is 6.92 Å². The van der Waals surface area contributed by atoms with E-state index in [-0.39, 0.29) is 5.91 Å². The molecule has 9 heteroatoms. The van der Waals surface area contributed by atoms with Gasteiger partial charge in [-0.1, -0.05) is 0 Å². The molecule has 3 aromatic heterocycles. The first-order valence-corrected chi connectivity index (χ1v) is 9.44. The van der Waals surface area contributed by atoms with Gasteiger partial charge in [0.2, 0.25) is 5.91 Å². The van der Waals surface area contributed by atoms with Crippen LogP contribution >= 0.6 is 0 Å². The lowest BCUT2D eigenvalue weighted by Gasteiger charge is -2.25. The maximum absolute atomic E-state index is 12.9. The standard InChI is InChI=1S/C21H23N7O2/c1-12-19(11-27(4)26-12)28(13(2)29)21-15-8-14(16-6-7-24-25-16)20(30-5)9-17(15)23-10-18(21)22-3/h6-11,22H,1-5H3,(H,24,25). The van der Waals surface area contributed by atoms with Gasteiger partial charge in [-0.05, 0) is 19.1 Å². The van der Waals surface area contributed by atoms with Gasteiger partial charge in [0.15, 0.2) is 0 Å². The summed E-state index contributed by atoms with van der Waals surface area (Å²) in [4.78, 5) is 19.1. The van der Waals surface area contributed by atoms with Crippen molar-refractivity contribution in [3.63, 3.8) is 0 Å². The van der Waals surface area contributed by atoms with E-state index in [1.54, 1.807) is 36.1 Å². The zero-order chi connectivity index (χ0) is 21.4. The lowest BCUT2D eigenvalue weighted by atomic mass is 10.0. The number of fused-ring (bicyclic) bond motifs is 1. The number of ether oxygens (including phenoxy) is 1. The lowest BCUT2D eigenvalue weighted by Crippen LogP contribution is -2.24. The van der Waals surface area contributed by atoms with Crippen LogP contribution in [0.2, 0.25) is 0 Å². The predicted octanol–water partition coefficient (Wildman–Crippen LogP) is 3.40. The molecule has 4 rings (SSSR count).